The Morgan fingerprint density at radius 2 is 1.89 bits per heavy atom. The number of ether oxygens (including phenoxy) is 1. The van der Waals surface area contributed by atoms with Crippen molar-refractivity contribution in [2.45, 2.75) is 72.1 Å². The van der Waals surface area contributed by atoms with E-state index < -0.39 is 0 Å². The van der Waals surface area contributed by atoms with Crippen LogP contribution in [-0.4, -0.2) is 5.97 Å². The number of allylic oxidation sites excluding steroid dienone is 3. The Balaban J connectivity index is 2.52. The van der Waals surface area contributed by atoms with Gasteiger partial charge in [0.05, 0.1) is 0 Å². The van der Waals surface area contributed by atoms with Crippen LogP contribution in [0.3, 0.4) is 0 Å². The van der Waals surface area contributed by atoms with Gasteiger partial charge in [0.25, 0.3) is 0 Å². The summed E-state index contributed by atoms with van der Waals surface area (Å²) in [4.78, 5) is 11.6. The molecule has 0 heterocycles. The third-order valence-corrected chi connectivity index (χ3v) is 3.77. The second-order valence-corrected chi connectivity index (χ2v) is 5.58. The molecule has 0 atom stereocenters. The smallest absolute Gasteiger partial charge is 0.311 e. The Morgan fingerprint density at radius 3 is 2.37 bits per heavy atom. The molecule has 0 saturated heterocycles. The van der Waals surface area contributed by atoms with E-state index in [1.54, 1.807) is 0 Å². The second kappa shape index (κ2) is 8.19. The van der Waals surface area contributed by atoms with Gasteiger partial charge in [0.2, 0.25) is 0 Å². The van der Waals surface area contributed by atoms with Gasteiger partial charge in [0.1, 0.15) is 5.76 Å². The average molecular weight is 264 g/mol. The summed E-state index contributed by atoms with van der Waals surface area (Å²) < 4.78 is 5.38. The second-order valence-electron chi connectivity index (χ2n) is 5.58. The largest absolute Gasteiger partial charge is 0.427 e. The molecular formula is C17H28O2. The zero-order chi connectivity index (χ0) is 14.1. The number of hydrogen-bond donors (Lipinski definition) is 0. The van der Waals surface area contributed by atoms with E-state index in [0.29, 0.717) is 11.8 Å². The summed E-state index contributed by atoms with van der Waals surface area (Å²) in [5, 5.41) is 0. The summed E-state index contributed by atoms with van der Waals surface area (Å²) in [5.74, 6) is 0.639. The van der Waals surface area contributed by atoms with Crippen molar-refractivity contribution in [1.29, 1.82) is 0 Å². The van der Waals surface area contributed by atoms with Crippen molar-refractivity contribution in [3.8, 4) is 0 Å². The van der Waals surface area contributed by atoms with Gasteiger partial charge in [-0.2, -0.15) is 0 Å². The standard InChI is InChI=1S/C17H28O2/c1-4-7-8-16(18)19-15-9-13-17(11-5-2,12-6-3)14-10-15/h9-10,13H,4-8,11-12,14H2,1-3H3. The summed E-state index contributed by atoms with van der Waals surface area (Å²) in [5.41, 5.74) is 0.294. The molecule has 0 radical (unpaired) electrons. The van der Waals surface area contributed by atoms with Gasteiger partial charge in [-0.25, -0.2) is 0 Å². The van der Waals surface area contributed by atoms with E-state index in [9.17, 15) is 4.79 Å². The van der Waals surface area contributed by atoms with E-state index in [1.165, 1.54) is 25.7 Å². The van der Waals surface area contributed by atoms with Crippen LogP contribution in [0.1, 0.15) is 72.1 Å². The van der Waals surface area contributed by atoms with Crippen LogP contribution in [0, 0.1) is 5.41 Å². The molecule has 2 heteroatoms. The van der Waals surface area contributed by atoms with Crippen molar-refractivity contribution in [2.75, 3.05) is 0 Å². The molecule has 0 aromatic rings. The van der Waals surface area contributed by atoms with Crippen molar-refractivity contribution in [1.82, 2.24) is 0 Å². The van der Waals surface area contributed by atoms with Crippen LogP contribution in [0.15, 0.2) is 24.0 Å². The Morgan fingerprint density at radius 1 is 1.21 bits per heavy atom. The molecule has 2 nitrogen and oxygen atoms in total. The summed E-state index contributed by atoms with van der Waals surface area (Å²) in [6.07, 6.45) is 14.6. The number of rotatable bonds is 8. The lowest BCUT2D eigenvalue weighted by molar-refractivity contribution is -0.139. The Bertz CT molecular complexity index is 333. The molecule has 0 amide bonds. The summed E-state index contributed by atoms with van der Waals surface area (Å²) in [6, 6.07) is 0. The predicted octanol–water partition coefficient (Wildman–Crippen LogP) is 5.15. The maximum Gasteiger partial charge on any atom is 0.311 e. The zero-order valence-corrected chi connectivity index (χ0v) is 12.7. The van der Waals surface area contributed by atoms with Crippen LogP contribution in [0.4, 0.5) is 0 Å². The molecule has 1 aliphatic carbocycles. The lowest BCUT2D eigenvalue weighted by Crippen LogP contribution is -2.20. The fourth-order valence-electron chi connectivity index (χ4n) is 2.77. The van der Waals surface area contributed by atoms with Crippen LogP contribution < -0.4 is 0 Å². The van der Waals surface area contributed by atoms with Gasteiger partial charge in [0.15, 0.2) is 0 Å². The first-order valence-corrected chi connectivity index (χ1v) is 7.76. The van der Waals surface area contributed by atoms with Gasteiger partial charge < -0.3 is 4.74 Å². The minimum atomic E-state index is -0.101. The number of carbonyl (C=O) groups is 1. The molecule has 0 saturated carbocycles. The number of carbonyl (C=O) groups excluding carboxylic acids is 1. The van der Waals surface area contributed by atoms with Crippen molar-refractivity contribution < 1.29 is 9.53 Å². The van der Waals surface area contributed by atoms with Crippen molar-refractivity contribution in [3.05, 3.63) is 24.0 Å². The molecular weight excluding hydrogens is 236 g/mol. The van der Waals surface area contributed by atoms with Gasteiger partial charge in [-0.3, -0.25) is 4.79 Å². The fourth-order valence-corrected chi connectivity index (χ4v) is 2.77. The number of hydrogen-bond acceptors (Lipinski definition) is 2. The van der Waals surface area contributed by atoms with E-state index in [4.69, 9.17) is 4.74 Å². The maximum atomic E-state index is 11.6. The topological polar surface area (TPSA) is 26.3 Å². The molecule has 0 N–H and O–H groups in total. The first-order valence-electron chi connectivity index (χ1n) is 7.76. The zero-order valence-electron chi connectivity index (χ0n) is 12.7. The molecule has 0 spiro atoms. The SMILES string of the molecule is CCCCC(=O)OC1=CCC(CCC)(CCC)C=C1. The minimum Gasteiger partial charge on any atom is -0.427 e. The first kappa shape index (κ1) is 16.0. The van der Waals surface area contributed by atoms with Crippen molar-refractivity contribution >= 4 is 5.97 Å². The molecule has 1 aliphatic rings. The highest BCUT2D eigenvalue weighted by Crippen LogP contribution is 2.39. The molecule has 0 fully saturated rings. The first-order chi connectivity index (χ1) is 9.15. The highest BCUT2D eigenvalue weighted by Gasteiger charge is 2.27. The lowest BCUT2D eigenvalue weighted by atomic mass is 9.74. The predicted molar refractivity (Wildman–Crippen MR) is 79.7 cm³/mol. The van der Waals surface area contributed by atoms with E-state index in [2.05, 4.69) is 32.9 Å². The third kappa shape index (κ3) is 5.22. The molecule has 108 valence electrons. The molecule has 0 unspecified atom stereocenters. The molecule has 0 aromatic carbocycles. The number of esters is 1. The van der Waals surface area contributed by atoms with Gasteiger partial charge in [-0.1, -0.05) is 46.1 Å². The highest BCUT2D eigenvalue weighted by atomic mass is 16.5. The van der Waals surface area contributed by atoms with Crippen molar-refractivity contribution in [3.63, 3.8) is 0 Å². The molecule has 19 heavy (non-hydrogen) atoms. The van der Waals surface area contributed by atoms with Crippen LogP contribution >= 0.6 is 0 Å². The van der Waals surface area contributed by atoms with Crippen molar-refractivity contribution in [2.24, 2.45) is 5.41 Å². The van der Waals surface area contributed by atoms with Crippen LogP contribution in [-0.2, 0) is 9.53 Å². The molecule has 0 bridgehead atoms. The van der Waals surface area contributed by atoms with Gasteiger partial charge in [-0.05, 0) is 43.3 Å². The summed E-state index contributed by atoms with van der Waals surface area (Å²) >= 11 is 0. The molecule has 1 rings (SSSR count). The normalized spacial score (nSPS) is 17.1. The van der Waals surface area contributed by atoms with E-state index in [0.717, 1.165) is 25.0 Å². The molecule has 0 aliphatic heterocycles. The Labute approximate surface area is 117 Å². The fraction of sp³-hybridized carbons (Fsp3) is 0.706. The van der Waals surface area contributed by atoms with Gasteiger partial charge >= 0.3 is 5.97 Å². The van der Waals surface area contributed by atoms with Crippen LogP contribution in [0.2, 0.25) is 0 Å². The van der Waals surface area contributed by atoms with Gasteiger partial charge in [0, 0.05) is 6.42 Å². The third-order valence-electron chi connectivity index (χ3n) is 3.77. The number of unbranched alkanes of at least 4 members (excludes halogenated alkanes) is 1. The summed E-state index contributed by atoms with van der Waals surface area (Å²) in [7, 11) is 0. The quantitative estimate of drug-likeness (QED) is 0.567. The van der Waals surface area contributed by atoms with E-state index in [1.807, 2.05) is 6.08 Å². The van der Waals surface area contributed by atoms with Gasteiger partial charge in [-0.15, -0.1) is 0 Å². The lowest BCUT2D eigenvalue weighted by Gasteiger charge is -2.31. The Kier molecular flexibility index (Phi) is 6.90. The molecule has 0 aromatic heterocycles. The summed E-state index contributed by atoms with van der Waals surface area (Å²) in [6.45, 7) is 6.54. The van der Waals surface area contributed by atoms with E-state index in [-0.39, 0.29) is 5.97 Å². The van der Waals surface area contributed by atoms with Crippen LogP contribution in [0.25, 0.3) is 0 Å². The van der Waals surface area contributed by atoms with E-state index >= 15 is 0 Å². The monoisotopic (exact) mass is 264 g/mol. The maximum absolute atomic E-state index is 11.6. The average Bonchev–Trinajstić information content (AvgIpc) is 2.40. The highest BCUT2D eigenvalue weighted by molar-refractivity contribution is 5.71. The minimum absolute atomic E-state index is 0.101. The Hall–Kier alpha value is -1.05. The van der Waals surface area contributed by atoms with Crippen LogP contribution in [0.5, 0.6) is 0 Å².